The van der Waals surface area contributed by atoms with Crippen LogP contribution in [0.25, 0.3) is 6.08 Å². The van der Waals surface area contributed by atoms with Crippen LogP contribution in [0.3, 0.4) is 0 Å². The maximum atomic E-state index is 14.3. The molecule has 1 aliphatic rings. The average molecular weight is 369 g/mol. The lowest BCUT2D eigenvalue weighted by Crippen LogP contribution is -2.26. The first-order valence-electron chi connectivity index (χ1n) is 9.17. The number of rotatable bonds is 7. The van der Waals surface area contributed by atoms with Gasteiger partial charge >= 0.3 is 5.97 Å². The molecule has 0 unspecified atom stereocenters. The van der Waals surface area contributed by atoms with E-state index in [-0.39, 0.29) is 11.9 Å². The van der Waals surface area contributed by atoms with Crippen LogP contribution >= 0.6 is 0 Å². The Balaban J connectivity index is 1.54. The van der Waals surface area contributed by atoms with Crippen molar-refractivity contribution in [3.63, 3.8) is 0 Å². The number of nitrogens with zero attached hydrogens (tertiary/aromatic N) is 2. The predicted molar refractivity (Wildman–Crippen MR) is 104 cm³/mol. The van der Waals surface area contributed by atoms with Crippen molar-refractivity contribution in [3.05, 3.63) is 65.6 Å². The highest BCUT2D eigenvalue weighted by molar-refractivity contribution is 5.87. The first-order valence-corrected chi connectivity index (χ1v) is 9.17. The van der Waals surface area contributed by atoms with E-state index in [1.54, 1.807) is 6.92 Å². The van der Waals surface area contributed by atoms with Crippen LogP contribution in [0.15, 0.2) is 48.7 Å². The molecule has 1 atom stereocenters. The number of carbonyl (C=O) groups is 1. The molecule has 142 valence electrons. The van der Waals surface area contributed by atoms with Gasteiger partial charge in [-0.2, -0.15) is 0 Å². The van der Waals surface area contributed by atoms with E-state index in [1.165, 1.54) is 30.0 Å². The minimum atomic E-state index is -0.454. The topological polar surface area (TPSA) is 54.5 Å². The van der Waals surface area contributed by atoms with Gasteiger partial charge in [0.15, 0.2) is 11.6 Å². The molecule has 2 heterocycles. The number of hydrogen-bond acceptors (Lipinski definition) is 5. The standard InChI is InChI=1S/C21H24FN3O2/c1-2-27-20(26)9-8-17-12-19(22)21(23-13-17)24-18-10-11-25(15-18)14-16-6-4-3-5-7-16/h3-9,12-13,18H,2,10-11,14-15H2,1H3,(H,23,24)/b9-8+/t18-/m1/s1. The molecule has 1 aliphatic heterocycles. The largest absolute Gasteiger partial charge is 0.463 e. The number of carbonyl (C=O) groups excluding carboxylic acids is 1. The molecular formula is C21H24FN3O2. The molecule has 0 saturated carbocycles. The Morgan fingerprint density at radius 1 is 1.41 bits per heavy atom. The lowest BCUT2D eigenvalue weighted by molar-refractivity contribution is -0.137. The van der Waals surface area contributed by atoms with Gasteiger partial charge in [-0.05, 0) is 36.6 Å². The predicted octanol–water partition coefficient (Wildman–Crippen LogP) is 3.48. The molecule has 6 heteroatoms. The van der Waals surface area contributed by atoms with Crippen molar-refractivity contribution >= 4 is 17.9 Å². The highest BCUT2D eigenvalue weighted by atomic mass is 19.1. The number of pyridine rings is 1. The van der Waals surface area contributed by atoms with Gasteiger partial charge < -0.3 is 10.1 Å². The molecule has 0 spiro atoms. The summed E-state index contributed by atoms with van der Waals surface area (Å²) in [6.45, 7) is 4.75. The van der Waals surface area contributed by atoms with Crippen LogP contribution in [0.5, 0.6) is 0 Å². The molecule has 0 aliphatic carbocycles. The molecule has 1 aromatic carbocycles. The number of hydrogen-bond donors (Lipinski definition) is 1. The van der Waals surface area contributed by atoms with E-state index in [0.717, 1.165) is 26.1 Å². The summed E-state index contributed by atoms with van der Waals surface area (Å²) in [7, 11) is 0. The van der Waals surface area contributed by atoms with Gasteiger partial charge in [0.2, 0.25) is 0 Å². The molecular weight excluding hydrogens is 345 g/mol. The van der Waals surface area contributed by atoms with Gasteiger partial charge in [0.05, 0.1) is 6.61 Å². The summed E-state index contributed by atoms with van der Waals surface area (Å²) in [5.74, 6) is -0.637. The molecule has 0 radical (unpaired) electrons. The van der Waals surface area contributed by atoms with Gasteiger partial charge in [-0.1, -0.05) is 30.3 Å². The molecule has 27 heavy (non-hydrogen) atoms. The number of benzene rings is 1. The third-order valence-corrected chi connectivity index (χ3v) is 4.42. The van der Waals surface area contributed by atoms with E-state index in [2.05, 4.69) is 27.3 Å². The van der Waals surface area contributed by atoms with Gasteiger partial charge in [-0.3, -0.25) is 4.90 Å². The van der Waals surface area contributed by atoms with E-state index in [4.69, 9.17) is 4.74 Å². The number of halogens is 1. The quantitative estimate of drug-likeness (QED) is 0.598. The van der Waals surface area contributed by atoms with E-state index in [9.17, 15) is 9.18 Å². The van der Waals surface area contributed by atoms with Crippen LogP contribution < -0.4 is 5.32 Å². The second-order valence-corrected chi connectivity index (χ2v) is 6.54. The number of aromatic nitrogens is 1. The van der Waals surface area contributed by atoms with E-state index >= 15 is 0 Å². The Kier molecular flexibility index (Phi) is 6.54. The third kappa shape index (κ3) is 5.62. The average Bonchev–Trinajstić information content (AvgIpc) is 3.10. The van der Waals surface area contributed by atoms with Crippen molar-refractivity contribution in [2.45, 2.75) is 25.9 Å². The van der Waals surface area contributed by atoms with Gasteiger partial charge in [-0.15, -0.1) is 0 Å². The number of likely N-dealkylation sites (tertiary alicyclic amines) is 1. The van der Waals surface area contributed by atoms with Crippen molar-refractivity contribution in [3.8, 4) is 0 Å². The Labute approximate surface area is 158 Å². The zero-order chi connectivity index (χ0) is 19.1. The number of anilines is 1. The van der Waals surface area contributed by atoms with Crippen LogP contribution in [-0.4, -0.2) is 41.6 Å². The minimum absolute atomic E-state index is 0.164. The Bertz CT molecular complexity index is 795. The maximum absolute atomic E-state index is 14.3. The zero-order valence-corrected chi connectivity index (χ0v) is 15.4. The fraction of sp³-hybridized carbons (Fsp3) is 0.333. The van der Waals surface area contributed by atoms with Crippen molar-refractivity contribution in [2.24, 2.45) is 0 Å². The Morgan fingerprint density at radius 2 is 2.22 bits per heavy atom. The summed E-state index contributed by atoms with van der Waals surface area (Å²) in [5, 5.41) is 3.19. The molecule has 1 fully saturated rings. The fourth-order valence-electron chi connectivity index (χ4n) is 3.13. The van der Waals surface area contributed by atoms with Gasteiger partial charge in [0.1, 0.15) is 0 Å². The summed E-state index contributed by atoms with van der Waals surface area (Å²) in [4.78, 5) is 17.8. The summed E-state index contributed by atoms with van der Waals surface area (Å²) in [6.07, 6.45) is 5.25. The summed E-state index contributed by atoms with van der Waals surface area (Å²) < 4.78 is 19.1. The van der Waals surface area contributed by atoms with E-state index in [0.29, 0.717) is 12.2 Å². The molecule has 3 rings (SSSR count). The molecule has 1 aromatic heterocycles. The third-order valence-electron chi connectivity index (χ3n) is 4.42. The first-order chi connectivity index (χ1) is 13.1. The van der Waals surface area contributed by atoms with Crippen LogP contribution in [-0.2, 0) is 16.1 Å². The second-order valence-electron chi connectivity index (χ2n) is 6.54. The molecule has 0 amide bonds. The van der Waals surface area contributed by atoms with Crippen molar-refractivity contribution in [2.75, 3.05) is 25.0 Å². The minimum Gasteiger partial charge on any atom is -0.463 e. The summed E-state index contributed by atoms with van der Waals surface area (Å²) >= 11 is 0. The highest BCUT2D eigenvalue weighted by Gasteiger charge is 2.23. The number of nitrogens with one attached hydrogen (secondary N) is 1. The number of ether oxygens (including phenoxy) is 1. The van der Waals surface area contributed by atoms with Crippen LogP contribution in [0.4, 0.5) is 10.2 Å². The van der Waals surface area contributed by atoms with Gasteiger partial charge in [0.25, 0.3) is 0 Å². The SMILES string of the molecule is CCOC(=O)/C=C/c1cnc(N[C@@H]2CCN(Cc3ccccc3)C2)c(F)c1. The van der Waals surface area contributed by atoms with Crippen LogP contribution in [0.2, 0.25) is 0 Å². The maximum Gasteiger partial charge on any atom is 0.330 e. The lowest BCUT2D eigenvalue weighted by Gasteiger charge is -2.17. The number of esters is 1. The first kappa shape index (κ1) is 19.0. The van der Waals surface area contributed by atoms with E-state index < -0.39 is 11.8 Å². The molecule has 1 saturated heterocycles. The second kappa shape index (κ2) is 9.28. The smallest absolute Gasteiger partial charge is 0.330 e. The lowest BCUT2D eigenvalue weighted by atomic mass is 10.2. The Hall–Kier alpha value is -2.73. The van der Waals surface area contributed by atoms with Crippen molar-refractivity contribution in [1.29, 1.82) is 0 Å². The Morgan fingerprint density at radius 3 is 2.96 bits per heavy atom. The van der Waals surface area contributed by atoms with Crippen molar-refractivity contribution in [1.82, 2.24) is 9.88 Å². The fourth-order valence-corrected chi connectivity index (χ4v) is 3.13. The zero-order valence-electron chi connectivity index (χ0n) is 15.4. The van der Waals surface area contributed by atoms with Gasteiger partial charge in [0, 0.05) is 37.9 Å². The van der Waals surface area contributed by atoms with Gasteiger partial charge in [-0.25, -0.2) is 14.2 Å². The highest BCUT2D eigenvalue weighted by Crippen LogP contribution is 2.19. The monoisotopic (exact) mass is 369 g/mol. The van der Waals surface area contributed by atoms with Crippen LogP contribution in [0, 0.1) is 5.82 Å². The van der Waals surface area contributed by atoms with E-state index in [1.807, 2.05) is 18.2 Å². The molecule has 5 nitrogen and oxygen atoms in total. The summed E-state index contributed by atoms with van der Waals surface area (Å²) in [5.41, 5.74) is 1.79. The van der Waals surface area contributed by atoms with Crippen molar-refractivity contribution < 1.29 is 13.9 Å². The molecule has 1 N–H and O–H groups in total. The van der Waals surface area contributed by atoms with Crippen LogP contribution in [0.1, 0.15) is 24.5 Å². The molecule has 0 bridgehead atoms. The molecule has 2 aromatic rings. The normalized spacial score (nSPS) is 17.3. The summed E-state index contributed by atoms with van der Waals surface area (Å²) in [6, 6.07) is 11.8.